The Morgan fingerprint density at radius 1 is 0.365 bits per heavy atom. The van der Waals surface area contributed by atoms with Crippen molar-refractivity contribution in [1.29, 1.82) is 0 Å². The largest absolute Gasteiger partial charge is 0.472 e. The Morgan fingerprint density at radius 2 is 0.622 bits per heavy atom. The lowest BCUT2D eigenvalue weighted by atomic mass is 10.1. The molecule has 0 fully saturated rings. The molecule has 0 saturated carbocycles. The van der Waals surface area contributed by atoms with Crippen molar-refractivity contribution in [2.24, 2.45) is 0 Å². The van der Waals surface area contributed by atoms with Crippen LogP contribution in [0.5, 0.6) is 0 Å². The monoisotopic (exact) mass is 1070 g/mol. The maximum absolute atomic E-state index is 12.9. The highest BCUT2D eigenvalue weighted by Gasteiger charge is 2.28. The quantitative estimate of drug-likeness (QED) is 0.0197. The minimum absolute atomic E-state index is 0.171. The number of carbonyl (C=O) groups excluding carboxylic acids is 3. The maximum atomic E-state index is 12.9. The van der Waals surface area contributed by atoms with Gasteiger partial charge in [-0.2, -0.15) is 0 Å². The van der Waals surface area contributed by atoms with Gasteiger partial charge in [0.1, 0.15) is 12.7 Å². The SMILES string of the molecule is CCCCCCCC/C=C\CCCCCCCCCCCC(=O)OC(CO)COP(=O)(O)OCC(COC(=O)CCCCCCCCCCC)OC(=O)CCCCCCCCCCC/C=C\CCCCCCCC. The molecule has 436 valence electrons. The number of carbonyl (C=O) groups is 3. The van der Waals surface area contributed by atoms with Crippen LogP contribution in [0.2, 0.25) is 0 Å². The Bertz CT molecular complexity index is 1340. The van der Waals surface area contributed by atoms with Crippen LogP contribution in [0.15, 0.2) is 24.3 Å². The highest BCUT2D eigenvalue weighted by atomic mass is 31.2. The molecule has 0 saturated heterocycles. The summed E-state index contributed by atoms with van der Waals surface area (Å²) in [5.41, 5.74) is 0. The van der Waals surface area contributed by atoms with Crippen LogP contribution in [0.4, 0.5) is 0 Å². The van der Waals surface area contributed by atoms with Crippen molar-refractivity contribution in [3.8, 4) is 0 Å². The second-order valence-corrected chi connectivity index (χ2v) is 22.7. The van der Waals surface area contributed by atoms with Gasteiger partial charge in [-0.25, -0.2) is 4.57 Å². The number of hydrogen-bond acceptors (Lipinski definition) is 10. The van der Waals surface area contributed by atoms with Crippen molar-refractivity contribution >= 4 is 25.7 Å². The zero-order chi connectivity index (χ0) is 54.1. The van der Waals surface area contributed by atoms with Gasteiger partial charge in [0, 0.05) is 19.3 Å². The van der Waals surface area contributed by atoms with Crippen LogP contribution in [-0.4, -0.2) is 66.5 Å². The van der Waals surface area contributed by atoms with Gasteiger partial charge in [-0.15, -0.1) is 0 Å². The molecule has 0 aliphatic carbocycles. The van der Waals surface area contributed by atoms with E-state index in [0.717, 1.165) is 57.8 Å². The zero-order valence-electron chi connectivity index (χ0n) is 48.3. The first-order valence-electron chi connectivity index (χ1n) is 31.2. The lowest BCUT2D eigenvalue weighted by Gasteiger charge is -2.21. The smallest absolute Gasteiger partial charge is 0.462 e. The number of aliphatic hydroxyl groups excluding tert-OH is 1. The molecule has 0 aromatic carbocycles. The summed E-state index contributed by atoms with van der Waals surface area (Å²) in [5, 5.41) is 9.83. The second-order valence-electron chi connectivity index (χ2n) is 21.2. The maximum Gasteiger partial charge on any atom is 0.472 e. The van der Waals surface area contributed by atoms with Crippen LogP contribution in [0, 0.1) is 0 Å². The fraction of sp³-hybridized carbons (Fsp3) is 0.887. The van der Waals surface area contributed by atoms with Gasteiger partial charge in [-0.05, 0) is 70.6 Å². The molecule has 0 aromatic rings. The molecule has 0 amide bonds. The van der Waals surface area contributed by atoms with E-state index in [1.807, 2.05) is 0 Å². The molecule has 0 aliphatic heterocycles. The Labute approximate surface area is 455 Å². The predicted molar refractivity (Wildman–Crippen MR) is 307 cm³/mol. The highest BCUT2D eigenvalue weighted by molar-refractivity contribution is 7.47. The van der Waals surface area contributed by atoms with E-state index in [1.165, 1.54) is 199 Å². The van der Waals surface area contributed by atoms with E-state index in [1.54, 1.807) is 0 Å². The summed E-state index contributed by atoms with van der Waals surface area (Å²) in [5.74, 6) is -1.45. The van der Waals surface area contributed by atoms with Crippen LogP contribution >= 0.6 is 7.82 Å². The number of unbranched alkanes of at least 4 members (excludes halogenated alkanes) is 38. The molecular formula is C62H117O11P. The molecule has 0 rings (SSSR count). The summed E-state index contributed by atoms with van der Waals surface area (Å²) >= 11 is 0. The molecule has 74 heavy (non-hydrogen) atoms. The van der Waals surface area contributed by atoms with Crippen molar-refractivity contribution < 1.29 is 52.2 Å². The standard InChI is InChI=1S/C62H117O11P/c1-4-7-10-13-16-19-21-23-25-27-29-31-33-35-37-40-43-46-49-52-61(65)72-58(54-63)56-70-74(67,68)71-57-59(55-69-60(64)51-48-45-42-39-18-15-12-9-6-3)73-62(66)53-50-47-44-41-38-36-34-32-30-28-26-24-22-20-17-14-11-8-5-2/h23-26,58-59,63H,4-22,27-57H2,1-3H3,(H,67,68)/b25-23-,26-24-. The predicted octanol–water partition coefficient (Wildman–Crippen LogP) is 18.6. The van der Waals surface area contributed by atoms with Crippen molar-refractivity contribution in [3.63, 3.8) is 0 Å². The Kier molecular flexibility index (Phi) is 55.6. The first-order valence-corrected chi connectivity index (χ1v) is 32.7. The molecule has 0 spiro atoms. The van der Waals surface area contributed by atoms with E-state index < -0.39 is 57.8 Å². The summed E-state index contributed by atoms with van der Waals surface area (Å²) in [6.45, 7) is 4.67. The van der Waals surface area contributed by atoms with Gasteiger partial charge in [0.05, 0.1) is 19.8 Å². The first-order chi connectivity index (χ1) is 36.2. The summed E-state index contributed by atoms with van der Waals surface area (Å²) in [6, 6.07) is 0. The molecule has 11 nitrogen and oxygen atoms in total. The van der Waals surface area contributed by atoms with Crippen LogP contribution in [0.25, 0.3) is 0 Å². The summed E-state index contributed by atoms with van der Waals surface area (Å²) < 4.78 is 39.6. The summed E-state index contributed by atoms with van der Waals surface area (Å²) in [6.07, 6.45) is 58.6. The molecule has 3 unspecified atom stereocenters. The average molecular weight is 1070 g/mol. The Morgan fingerprint density at radius 3 is 0.932 bits per heavy atom. The van der Waals surface area contributed by atoms with Gasteiger partial charge in [0.15, 0.2) is 6.10 Å². The van der Waals surface area contributed by atoms with Gasteiger partial charge in [-0.1, -0.05) is 251 Å². The van der Waals surface area contributed by atoms with Crippen LogP contribution in [-0.2, 0) is 42.2 Å². The van der Waals surface area contributed by atoms with E-state index in [4.69, 9.17) is 23.3 Å². The van der Waals surface area contributed by atoms with Crippen molar-refractivity contribution in [1.82, 2.24) is 0 Å². The lowest BCUT2D eigenvalue weighted by molar-refractivity contribution is -0.161. The van der Waals surface area contributed by atoms with Crippen LogP contribution < -0.4 is 0 Å². The van der Waals surface area contributed by atoms with Gasteiger partial charge in [0.2, 0.25) is 0 Å². The Hall–Kier alpha value is -2.04. The fourth-order valence-electron chi connectivity index (χ4n) is 9.05. The minimum Gasteiger partial charge on any atom is -0.462 e. The molecule has 12 heteroatoms. The van der Waals surface area contributed by atoms with Gasteiger partial charge in [0.25, 0.3) is 0 Å². The second kappa shape index (κ2) is 57.1. The number of aliphatic hydroxyl groups is 1. The van der Waals surface area contributed by atoms with E-state index in [0.29, 0.717) is 19.3 Å². The van der Waals surface area contributed by atoms with Crippen molar-refractivity contribution in [2.75, 3.05) is 26.4 Å². The lowest BCUT2D eigenvalue weighted by Crippen LogP contribution is -2.30. The first kappa shape index (κ1) is 72.0. The highest BCUT2D eigenvalue weighted by Crippen LogP contribution is 2.43. The van der Waals surface area contributed by atoms with Gasteiger partial charge < -0.3 is 24.2 Å². The third-order valence-electron chi connectivity index (χ3n) is 13.8. The molecule has 3 atom stereocenters. The molecular weight excluding hydrogens is 952 g/mol. The van der Waals surface area contributed by atoms with Crippen molar-refractivity contribution in [2.45, 2.75) is 328 Å². The topological polar surface area (TPSA) is 155 Å². The van der Waals surface area contributed by atoms with Crippen LogP contribution in [0.1, 0.15) is 316 Å². The van der Waals surface area contributed by atoms with E-state index in [9.17, 15) is 28.9 Å². The number of allylic oxidation sites excluding steroid dienone is 4. The number of esters is 3. The molecule has 0 bridgehead atoms. The molecule has 2 N–H and O–H groups in total. The summed E-state index contributed by atoms with van der Waals surface area (Å²) in [4.78, 5) is 48.5. The number of hydrogen-bond donors (Lipinski definition) is 2. The third kappa shape index (κ3) is 54.7. The van der Waals surface area contributed by atoms with Crippen molar-refractivity contribution in [3.05, 3.63) is 24.3 Å². The minimum atomic E-state index is -4.74. The van der Waals surface area contributed by atoms with E-state index in [-0.39, 0.29) is 25.9 Å². The normalized spacial score (nSPS) is 13.4. The number of rotatable bonds is 59. The Balaban J connectivity index is 4.53. The number of phosphoric acid groups is 1. The molecule has 0 aliphatic rings. The number of phosphoric ester groups is 1. The third-order valence-corrected chi connectivity index (χ3v) is 14.8. The fourth-order valence-corrected chi connectivity index (χ4v) is 9.84. The zero-order valence-corrected chi connectivity index (χ0v) is 49.2. The average Bonchev–Trinajstić information content (AvgIpc) is 3.39. The van der Waals surface area contributed by atoms with Gasteiger partial charge in [-0.3, -0.25) is 23.4 Å². The number of ether oxygens (including phenoxy) is 3. The molecule has 0 heterocycles. The van der Waals surface area contributed by atoms with Gasteiger partial charge >= 0.3 is 25.7 Å². The van der Waals surface area contributed by atoms with E-state index >= 15 is 0 Å². The van der Waals surface area contributed by atoms with Crippen LogP contribution in [0.3, 0.4) is 0 Å². The molecule has 0 aromatic heterocycles. The molecule has 0 radical (unpaired) electrons. The van der Waals surface area contributed by atoms with E-state index in [2.05, 4.69) is 45.1 Å². The summed E-state index contributed by atoms with van der Waals surface area (Å²) in [7, 11) is -4.74.